The first-order valence-corrected chi connectivity index (χ1v) is 7.91. The van der Waals surface area contributed by atoms with Crippen LogP contribution in [0.3, 0.4) is 0 Å². The van der Waals surface area contributed by atoms with Gasteiger partial charge in [0.15, 0.2) is 0 Å². The Kier molecular flexibility index (Phi) is 6.10. The van der Waals surface area contributed by atoms with Gasteiger partial charge >= 0.3 is 0 Å². The average Bonchev–Trinajstić information content (AvgIpc) is 2.22. The SMILES string of the molecule is NC/C=C/CNS(=O)(=O)c1c(Cl)cc(Br)cc1Cl. The first kappa shape index (κ1) is 15.9. The Hall–Kier alpha value is -0.110. The van der Waals surface area contributed by atoms with Gasteiger partial charge in [-0.05, 0) is 12.1 Å². The molecule has 0 fully saturated rings. The molecule has 18 heavy (non-hydrogen) atoms. The smallest absolute Gasteiger partial charge is 0.243 e. The summed E-state index contributed by atoms with van der Waals surface area (Å²) >= 11 is 15.0. The first-order valence-electron chi connectivity index (χ1n) is 4.87. The highest BCUT2D eigenvalue weighted by Crippen LogP contribution is 2.32. The molecule has 8 heteroatoms. The molecule has 0 spiro atoms. The quantitative estimate of drug-likeness (QED) is 0.779. The molecule has 1 rings (SSSR count). The van der Waals surface area contributed by atoms with E-state index in [4.69, 9.17) is 28.9 Å². The van der Waals surface area contributed by atoms with E-state index < -0.39 is 10.0 Å². The number of nitrogens with two attached hydrogens (primary N) is 1. The van der Waals surface area contributed by atoms with Gasteiger partial charge in [0.1, 0.15) is 4.90 Å². The molecule has 4 nitrogen and oxygen atoms in total. The number of nitrogens with one attached hydrogen (secondary N) is 1. The van der Waals surface area contributed by atoms with Crippen LogP contribution in [0.25, 0.3) is 0 Å². The molecule has 100 valence electrons. The lowest BCUT2D eigenvalue weighted by molar-refractivity contribution is 0.585. The van der Waals surface area contributed by atoms with Gasteiger partial charge in [-0.3, -0.25) is 0 Å². The van der Waals surface area contributed by atoms with Crippen molar-refractivity contribution in [2.45, 2.75) is 4.90 Å². The average molecular weight is 374 g/mol. The minimum Gasteiger partial charge on any atom is -0.327 e. The van der Waals surface area contributed by atoms with E-state index >= 15 is 0 Å². The number of halogens is 3. The van der Waals surface area contributed by atoms with Crippen molar-refractivity contribution in [1.82, 2.24) is 4.72 Å². The molecule has 1 aromatic rings. The van der Waals surface area contributed by atoms with Crippen molar-refractivity contribution in [2.75, 3.05) is 13.1 Å². The lowest BCUT2D eigenvalue weighted by Gasteiger charge is -2.09. The number of hydrogen-bond donors (Lipinski definition) is 2. The molecule has 0 bridgehead atoms. The van der Waals surface area contributed by atoms with E-state index in [0.29, 0.717) is 11.0 Å². The first-order chi connectivity index (χ1) is 8.38. The molecule has 0 saturated carbocycles. The Morgan fingerprint density at radius 3 is 2.33 bits per heavy atom. The van der Waals surface area contributed by atoms with Crippen molar-refractivity contribution in [3.8, 4) is 0 Å². The lowest BCUT2D eigenvalue weighted by Crippen LogP contribution is -2.24. The van der Waals surface area contributed by atoms with Gasteiger partial charge in [0.05, 0.1) is 10.0 Å². The van der Waals surface area contributed by atoms with Crippen LogP contribution in [-0.4, -0.2) is 21.5 Å². The van der Waals surface area contributed by atoms with Crippen molar-refractivity contribution in [1.29, 1.82) is 0 Å². The molecule has 0 atom stereocenters. The van der Waals surface area contributed by atoms with E-state index in [2.05, 4.69) is 20.7 Å². The summed E-state index contributed by atoms with van der Waals surface area (Å²) in [5.41, 5.74) is 5.24. The zero-order valence-corrected chi connectivity index (χ0v) is 13.1. The molecule has 0 aliphatic heterocycles. The Morgan fingerprint density at radius 1 is 1.28 bits per heavy atom. The highest BCUT2D eigenvalue weighted by molar-refractivity contribution is 9.10. The largest absolute Gasteiger partial charge is 0.327 e. The van der Waals surface area contributed by atoms with Crippen LogP contribution in [0.1, 0.15) is 0 Å². The zero-order chi connectivity index (χ0) is 13.8. The standard InChI is InChI=1S/C10H11BrCl2N2O2S/c11-7-5-8(12)10(9(13)6-7)18(16,17)15-4-2-1-3-14/h1-2,5-6,15H,3-4,14H2/b2-1+. The predicted molar refractivity (Wildman–Crippen MR) is 77.5 cm³/mol. The van der Waals surface area contributed by atoms with Crippen LogP contribution in [-0.2, 0) is 10.0 Å². The van der Waals surface area contributed by atoms with E-state index in [9.17, 15) is 8.42 Å². The number of sulfonamides is 1. The Morgan fingerprint density at radius 2 is 1.83 bits per heavy atom. The van der Waals surface area contributed by atoms with Crippen LogP contribution in [0.5, 0.6) is 0 Å². The van der Waals surface area contributed by atoms with Gasteiger partial charge < -0.3 is 5.73 Å². The van der Waals surface area contributed by atoms with Gasteiger partial charge in [-0.15, -0.1) is 0 Å². The van der Waals surface area contributed by atoms with E-state index in [0.717, 1.165) is 0 Å². The van der Waals surface area contributed by atoms with Gasteiger partial charge in [-0.2, -0.15) is 0 Å². The second-order valence-corrected chi connectivity index (χ2v) is 6.69. The third kappa shape index (κ3) is 4.22. The summed E-state index contributed by atoms with van der Waals surface area (Å²) in [6.07, 6.45) is 3.26. The maximum Gasteiger partial charge on any atom is 0.243 e. The van der Waals surface area contributed by atoms with Crippen molar-refractivity contribution in [3.63, 3.8) is 0 Å². The summed E-state index contributed by atoms with van der Waals surface area (Å²) in [6, 6.07) is 2.94. The van der Waals surface area contributed by atoms with E-state index in [1.54, 1.807) is 12.2 Å². The molecule has 0 unspecified atom stereocenters. The molecule has 0 amide bonds. The summed E-state index contributed by atoms with van der Waals surface area (Å²) in [6.45, 7) is 0.476. The summed E-state index contributed by atoms with van der Waals surface area (Å²) in [5.74, 6) is 0. The molecule has 0 saturated heterocycles. The fraction of sp³-hybridized carbons (Fsp3) is 0.200. The lowest BCUT2D eigenvalue weighted by atomic mass is 10.4. The third-order valence-electron chi connectivity index (χ3n) is 1.93. The van der Waals surface area contributed by atoms with Crippen molar-refractivity contribution >= 4 is 49.2 Å². The molecular formula is C10H11BrCl2N2O2S. The van der Waals surface area contributed by atoms with Crippen LogP contribution in [0.2, 0.25) is 10.0 Å². The minimum absolute atomic E-state index is 0.0599. The number of benzene rings is 1. The molecular weight excluding hydrogens is 363 g/mol. The van der Waals surface area contributed by atoms with Gasteiger partial charge in [-0.25, -0.2) is 13.1 Å². The Balaban J connectivity index is 3.02. The number of rotatable bonds is 5. The fourth-order valence-corrected chi connectivity index (χ4v) is 4.10. The molecule has 0 heterocycles. The van der Waals surface area contributed by atoms with Gasteiger partial charge in [-0.1, -0.05) is 51.3 Å². The van der Waals surface area contributed by atoms with E-state index in [1.807, 2.05) is 0 Å². The van der Waals surface area contributed by atoms with Crippen molar-refractivity contribution < 1.29 is 8.42 Å². The van der Waals surface area contributed by atoms with Crippen molar-refractivity contribution in [3.05, 3.63) is 38.8 Å². The summed E-state index contributed by atoms with van der Waals surface area (Å²) in [5, 5.41) is 0.120. The number of hydrogen-bond acceptors (Lipinski definition) is 3. The topological polar surface area (TPSA) is 72.2 Å². The maximum atomic E-state index is 12.0. The van der Waals surface area contributed by atoms with Gasteiger partial charge in [0.25, 0.3) is 0 Å². The fourth-order valence-electron chi connectivity index (χ4n) is 1.20. The predicted octanol–water partition coefficient (Wildman–Crippen LogP) is 2.55. The molecule has 0 aromatic heterocycles. The third-order valence-corrected chi connectivity index (χ3v) is 4.73. The molecule has 0 radical (unpaired) electrons. The van der Waals surface area contributed by atoms with Crippen LogP contribution >= 0.6 is 39.1 Å². The normalized spacial score (nSPS) is 12.2. The van der Waals surface area contributed by atoms with Gasteiger partial charge in [0, 0.05) is 17.6 Å². The monoisotopic (exact) mass is 372 g/mol. The zero-order valence-electron chi connectivity index (χ0n) is 9.16. The van der Waals surface area contributed by atoms with Crippen LogP contribution in [0.15, 0.2) is 33.7 Å². The summed E-state index contributed by atoms with van der Waals surface area (Å²) in [4.78, 5) is -0.129. The Bertz CT molecular complexity index is 538. The maximum absolute atomic E-state index is 12.0. The van der Waals surface area contributed by atoms with Crippen molar-refractivity contribution in [2.24, 2.45) is 5.73 Å². The van der Waals surface area contributed by atoms with E-state index in [1.165, 1.54) is 12.1 Å². The second-order valence-electron chi connectivity index (χ2n) is 3.26. The summed E-state index contributed by atoms with van der Waals surface area (Å²) < 4.78 is 26.9. The molecule has 0 aliphatic carbocycles. The van der Waals surface area contributed by atoms with E-state index in [-0.39, 0.29) is 21.5 Å². The molecule has 0 aliphatic rings. The van der Waals surface area contributed by atoms with Gasteiger partial charge in [0.2, 0.25) is 10.0 Å². The Labute approximate surface area is 124 Å². The highest BCUT2D eigenvalue weighted by Gasteiger charge is 2.21. The molecule has 1 aromatic carbocycles. The van der Waals surface area contributed by atoms with Crippen LogP contribution < -0.4 is 10.5 Å². The van der Waals surface area contributed by atoms with Crippen LogP contribution in [0.4, 0.5) is 0 Å². The minimum atomic E-state index is -3.75. The summed E-state index contributed by atoms with van der Waals surface area (Å²) in [7, 11) is -3.75. The second kappa shape index (κ2) is 6.88. The highest BCUT2D eigenvalue weighted by atomic mass is 79.9. The molecule has 3 N–H and O–H groups in total. The van der Waals surface area contributed by atoms with Crippen LogP contribution in [0, 0.1) is 0 Å².